The first-order valence-electron chi connectivity index (χ1n) is 8.67. The van der Waals surface area contributed by atoms with Gasteiger partial charge in [-0.2, -0.15) is 11.1 Å². The van der Waals surface area contributed by atoms with Crippen molar-refractivity contribution in [3.8, 4) is 0 Å². The van der Waals surface area contributed by atoms with Crippen molar-refractivity contribution >= 4 is 31.7 Å². The zero-order valence-corrected chi connectivity index (χ0v) is 23.3. The van der Waals surface area contributed by atoms with Gasteiger partial charge in [0.1, 0.15) is 0 Å². The summed E-state index contributed by atoms with van der Waals surface area (Å²) in [5.41, 5.74) is 5.95. The van der Waals surface area contributed by atoms with Gasteiger partial charge in [-0.15, -0.1) is 37.7 Å². The van der Waals surface area contributed by atoms with E-state index in [9.17, 15) is 0 Å². The molecule has 154 valence electrons. The molecule has 26 heavy (non-hydrogen) atoms. The van der Waals surface area contributed by atoms with Gasteiger partial charge < -0.3 is 14.9 Å². The molecule has 0 fully saturated rings. The monoisotopic (exact) mass is 492 g/mol. The molecule has 0 aliphatic heterocycles. The molecule has 2 aliphatic carbocycles. The summed E-state index contributed by atoms with van der Waals surface area (Å²) in [5.74, 6) is 0. The van der Waals surface area contributed by atoms with Crippen molar-refractivity contribution in [3.05, 3.63) is 61.4 Å². The first-order valence-corrected chi connectivity index (χ1v) is 14.6. The van der Waals surface area contributed by atoms with Gasteiger partial charge in [-0.05, 0) is 12.8 Å². The predicted molar refractivity (Wildman–Crippen MR) is 125 cm³/mol. The Morgan fingerprint density at radius 3 is 1.27 bits per heavy atom. The van der Waals surface area contributed by atoms with E-state index in [1.807, 2.05) is 6.88 Å². The fourth-order valence-corrected chi connectivity index (χ4v) is 2.57. The number of rotatable bonds is 6. The van der Waals surface area contributed by atoms with E-state index >= 15 is 0 Å². The molecule has 0 saturated carbocycles. The summed E-state index contributed by atoms with van der Waals surface area (Å²) in [4.78, 5) is 0. The predicted octanol–water partition coefficient (Wildman–Crippen LogP) is 7.34. The summed E-state index contributed by atoms with van der Waals surface area (Å²) >= 11 is 1.58. The van der Waals surface area contributed by atoms with Crippen LogP contribution in [-0.2, 0) is 23.3 Å². The standard InChI is InChI=1S/2C10H15.2CH3.2ClH.H2Si.Zr/c2*1-3-5-10-7-6-9(4-2)8-10;;;;;;/h2*8H,3-5,7H2,1-2H3;2*1H3;2*1H;1H2;/q4*-1;;;;. The van der Waals surface area contributed by atoms with Gasteiger partial charge in [0, 0.05) is 0 Å². The molecule has 0 heterocycles. The number of allylic oxidation sites excluding steroid dienone is 8. The van der Waals surface area contributed by atoms with Crippen LogP contribution in [0.15, 0.2) is 34.4 Å². The van der Waals surface area contributed by atoms with Crippen LogP contribution in [0.5, 0.6) is 0 Å². The zero-order chi connectivity index (χ0) is 16.8. The normalized spacial score (nSPS) is 13.2. The molecule has 2 rings (SSSR count). The quantitative estimate of drug-likeness (QED) is 0.268. The van der Waals surface area contributed by atoms with Crippen LogP contribution in [0.3, 0.4) is 0 Å². The third-order valence-electron chi connectivity index (χ3n) is 3.75. The van der Waals surface area contributed by atoms with Gasteiger partial charge >= 0.3 is 30.2 Å². The van der Waals surface area contributed by atoms with Gasteiger partial charge in [0.05, 0.1) is 0 Å². The van der Waals surface area contributed by atoms with Crippen LogP contribution in [0.4, 0.5) is 0 Å². The first kappa shape index (κ1) is 37.4. The van der Waals surface area contributed by atoms with E-state index < -0.39 is 0 Å². The Bertz CT molecular complexity index is 397. The number of halogens is 2. The molecule has 0 aromatic heterocycles. The maximum atomic E-state index is 3.37. The van der Waals surface area contributed by atoms with Gasteiger partial charge in [-0.1, -0.05) is 53.4 Å². The molecular formula is C22H40Cl2SiZr-4. The summed E-state index contributed by atoms with van der Waals surface area (Å²) in [7, 11) is 0. The van der Waals surface area contributed by atoms with Crippen molar-refractivity contribution in [2.24, 2.45) is 0 Å². The average Bonchev–Trinajstić information content (AvgIpc) is 3.20. The van der Waals surface area contributed by atoms with E-state index in [1.54, 1.807) is 34.5 Å². The summed E-state index contributed by atoms with van der Waals surface area (Å²) in [6.45, 7) is 10.8. The Balaban J connectivity index is -0.0000000904. The second-order valence-electron chi connectivity index (χ2n) is 5.57. The maximum absolute atomic E-state index is 3.37. The number of hydrogen-bond donors (Lipinski definition) is 0. The third-order valence-corrected chi connectivity index (χ3v) is 3.75. The third kappa shape index (κ3) is 16.8. The molecule has 2 aliphatic rings. The molecule has 4 heteroatoms. The van der Waals surface area contributed by atoms with E-state index in [-0.39, 0.29) is 39.7 Å². The minimum atomic E-state index is 0. The first-order chi connectivity index (χ1) is 10.7. The van der Waals surface area contributed by atoms with Crippen molar-refractivity contribution in [2.75, 3.05) is 0 Å². The molecule has 0 aromatic carbocycles. The average molecular weight is 495 g/mol. The number of hydrogen-bond acceptors (Lipinski definition) is 0. The van der Waals surface area contributed by atoms with Gasteiger partial charge in [0.15, 0.2) is 0 Å². The van der Waals surface area contributed by atoms with E-state index in [0.29, 0.717) is 0 Å². The molecular weight excluding hydrogens is 454 g/mol. The van der Waals surface area contributed by atoms with Crippen LogP contribution in [0, 0.1) is 27.0 Å². The molecule has 0 atom stereocenters. The van der Waals surface area contributed by atoms with E-state index in [2.05, 4.69) is 52.0 Å². The van der Waals surface area contributed by atoms with Gasteiger partial charge in [-0.25, -0.2) is 23.3 Å². The molecule has 0 spiro atoms. The topological polar surface area (TPSA) is 0 Å². The van der Waals surface area contributed by atoms with Crippen molar-refractivity contribution in [3.63, 3.8) is 0 Å². The van der Waals surface area contributed by atoms with Crippen molar-refractivity contribution in [2.45, 2.75) is 79.1 Å². The molecule has 0 nitrogen and oxygen atoms in total. The van der Waals surface area contributed by atoms with Crippen LogP contribution < -0.4 is 0 Å². The van der Waals surface area contributed by atoms with Crippen LogP contribution in [0.1, 0.15) is 79.1 Å². The SMILES string of the molecule is CCCC1=CC(CC)=[C-]C1.CCCC1=CC(CC)=[C-]C1.Cl.Cl.[CH3-].[CH3-].[SiH2]=[Zr]. The fraction of sp³-hybridized carbons (Fsp3) is 0.545. The molecule has 0 bridgehead atoms. The Hall–Kier alpha value is 0.640. The zero-order valence-electron chi connectivity index (χ0n) is 17.8. The summed E-state index contributed by atoms with van der Waals surface area (Å²) in [6, 6.07) is 0. The Kier molecular flexibility index (Phi) is 36.9. The van der Waals surface area contributed by atoms with Crippen molar-refractivity contribution in [1.82, 2.24) is 0 Å². The Labute approximate surface area is 194 Å². The van der Waals surface area contributed by atoms with Gasteiger partial charge in [-0.3, -0.25) is 12.2 Å². The Morgan fingerprint density at radius 1 is 0.769 bits per heavy atom. The molecule has 0 aromatic rings. The Morgan fingerprint density at radius 2 is 1.08 bits per heavy atom. The van der Waals surface area contributed by atoms with E-state index in [4.69, 9.17) is 0 Å². The summed E-state index contributed by atoms with van der Waals surface area (Å²) < 4.78 is 0. The van der Waals surface area contributed by atoms with Crippen molar-refractivity contribution in [1.29, 1.82) is 0 Å². The van der Waals surface area contributed by atoms with Crippen LogP contribution in [0.2, 0.25) is 0 Å². The van der Waals surface area contributed by atoms with Crippen LogP contribution in [0.25, 0.3) is 0 Å². The summed E-state index contributed by atoms with van der Waals surface area (Å²) in [6.07, 6.45) is 20.9. The van der Waals surface area contributed by atoms with Crippen molar-refractivity contribution < 1.29 is 23.3 Å². The summed E-state index contributed by atoms with van der Waals surface area (Å²) in [5, 5.41) is 0. The van der Waals surface area contributed by atoms with Gasteiger partial charge in [0.25, 0.3) is 0 Å². The van der Waals surface area contributed by atoms with Gasteiger partial charge in [0.2, 0.25) is 0 Å². The van der Waals surface area contributed by atoms with Crippen LogP contribution in [-0.4, -0.2) is 6.88 Å². The molecule has 0 unspecified atom stereocenters. The fourth-order valence-electron chi connectivity index (χ4n) is 2.57. The second kappa shape index (κ2) is 25.6. The van der Waals surface area contributed by atoms with E-state index in [1.165, 1.54) is 36.8 Å². The van der Waals surface area contributed by atoms with Crippen LogP contribution >= 0.6 is 24.8 Å². The molecule has 0 amide bonds. The molecule has 0 N–H and O–H groups in total. The molecule has 0 radical (unpaired) electrons. The minimum absolute atomic E-state index is 0. The van der Waals surface area contributed by atoms with E-state index in [0.717, 1.165) is 25.7 Å². The second-order valence-corrected chi connectivity index (χ2v) is 5.57. The molecule has 0 saturated heterocycles.